The normalized spacial score (nSPS) is 14.1. The number of fused-ring (bicyclic) bond motifs is 12. The summed E-state index contributed by atoms with van der Waals surface area (Å²) >= 11 is 0. The van der Waals surface area contributed by atoms with E-state index in [2.05, 4.69) is 95.6 Å². The number of rotatable bonds is 0. The van der Waals surface area contributed by atoms with Crippen LogP contribution in [-0.2, 0) is 19.3 Å². The van der Waals surface area contributed by atoms with E-state index in [1.165, 1.54) is 83.1 Å². The second kappa shape index (κ2) is 5.87. The molecule has 6 aromatic rings. The Hall–Kier alpha value is -4.10. The molecular weight excluding hydrogens is 410 g/mol. The predicted octanol–water partition coefficient (Wildman–Crippen LogP) is 7.83. The van der Waals surface area contributed by atoms with Gasteiger partial charge in [-0.25, -0.2) is 0 Å². The lowest BCUT2D eigenvalue weighted by Crippen LogP contribution is -2.10. The lowest BCUT2D eigenvalue weighted by atomic mass is 9.88. The number of para-hydroxylation sites is 1. The van der Waals surface area contributed by atoms with Gasteiger partial charge in [-0.3, -0.25) is 0 Å². The third-order valence-electron chi connectivity index (χ3n) is 8.41. The zero-order valence-electron chi connectivity index (χ0n) is 18.7. The summed E-state index contributed by atoms with van der Waals surface area (Å²) in [5.74, 6) is 0. The molecule has 0 amide bonds. The lowest BCUT2D eigenvalue weighted by molar-refractivity contribution is 1.04. The molecule has 0 atom stereocenters. The van der Waals surface area contributed by atoms with Crippen LogP contribution in [0.1, 0.15) is 33.4 Å². The first-order valence-electron chi connectivity index (χ1n) is 12.3. The molecule has 2 heterocycles. The average Bonchev–Trinajstić information content (AvgIpc) is 3.53. The van der Waals surface area contributed by atoms with E-state index in [1.807, 2.05) is 0 Å². The fourth-order valence-electron chi connectivity index (χ4n) is 7.05. The van der Waals surface area contributed by atoms with E-state index in [-0.39, 0.29) is 0 Å². The molecule has 1 heteroatoms. The molecule has 1 aromatic heterocycles. The van der Waals surface area contributed by atoms with Crippen molar-refractivity contribution in [1.29, 1.82) is 0 Å². The highest BCUT2D eigenvalue weighted by atomic mass is 15.0. The number of nitrogens with zero attached hydrogens (tertiary/aromatic N) is 1. The zero-order valence-corrected chi connectivity index (χ0v) is 18.7. The summed E-state index contributed by atoms with van der Waals surface area (Å²) < 4.78 is 2.57. The molecule has 2 aliphatic carbocycles. The number of hydrogen-bond acceptors (Lipinski definition) is 0. The van der Waals surface area contributed by atoms with Crippen LogP contribution in [0.3, 0.4) is 0 Å². The summed E-state index contributed by atoms with van der Waals surface area (Å²) in [5, 5.41) is 2.77. The van der Waals surface area contributed by atoms with E-state index in [0.29, 0.717) is 0 Å². The summed E-state index contributed by atoms with van der Waals surface area (Å²) in [4.78, 5) is 0. The van der Waals surface area contributed by atoms with Crippen LogP contribution < -0.4 is 0 Å². The quantitative estimate of drug-likeness (QED) is 0.231. The maximum Gasteiger partial charge on any atom is 0.0582 e. The smallest absolute Gasteiger partial charge is 0.0582 e. The summed E-state index contributed by atoms with van der Waals surface area (Å²) in [7, 11) is 0. The summed E-state index contributed by atoms with van der Waals surface area (Å²) in [6.45, 7) is 0. The van der Waals surface area contributed by atoms with Crippen LogP contribution in [0.2, 0.25) is 0 Å². The molecule has 1 nitrogen and oxygen atoms in total. The molecule has 34 heavy (non-hydrogen) atoms. The van der Waals surface area contributed by atoms with E-state index >= 15 is 0 Å². The van der Waals surface area contributed by atoms with Crippen LogP contribution in [0.4, 0.5) is 0 Å². The predicted molar refractivity (Wildman–Crippen MR) is 140 cm³/mol. The van der Waals surface area contributed by atoms with Crippen molar-refractivity contribution in [2.75, 3.05) is 0 Å². The first-order chi connectivity index (χ1) is 16.8. The molecule has 0 unspecified atom stereocenters. The first-order valence-corrected chi connectivity index (χ1v) is 12.3. The van der Waals surface area contributed by atoms with Gasteiger partial charge < -0.3 is 4.57 Å². The van der Waals surface area contributed by atoms with Crippen molar-refractivity contribution in [3.05, 3.63) is 124 Å². The second-order valence-corrected chi connectivity index (χ2v) is 10.1. The Kier molecular flexibility index (Phi) is 3.00. The molecule has 0 radical (unpaired) electrons. The fourth-order valence-corrected chi connectivity index (χ4v) is 7.05. The molecule has 9 rings (SSSR count). The zero-order chi connectivity index (χ0) is 22.0. The Morgan fingerprint density at radius 2 is 1.24 bits per heavy atom. The van der Waals surface area contributed by atoms with Crippen molar-refractivity contribution in [3.8, 4) is 27.9 Å². The molecule has 0 bridgehead atoms. The number of hydrogen-bond donors (Lipinski definition) is 0. The third kappa shape index (κ3) is 1.98. The Bertz CT molecular complexity index is 1880. The van der Waals surface area contributed by atoms with E-state index < -0.39 is 0 Å². The second-order valence-electron chi connectivity index (χ2n) is 10.1. The van der Waals surface area contributed by atoms with Gasteiger partial charge in [-0.2, -0.15) is 0 Å². The lowest BCUT2D eigenvalue weighted by Gasteiger charge is -2.24. The van der Waals surface area contributed by atoms with Crippen LogP contribution in [-0.4, -0.2) is 4.57 Å². The maximum absolute atomic E-state index is 2.57. The number of benzene rings is 5. The molecule has 1 aliphatic heterocycles. The van der Waals surface area contributed by atoms with Crippen molar-refractivity contribution in [1.82, 2.24) is 4.57 Å². The van der Waals surface area contributed by atoms with E-state index in [0.717, 1.165) is 19.3 Å². The molecule has 5 aromatic carbocycles. The van der Waals surface area contributed by atoms with Crippen LogP contribution in [0.5, 0.6) is 0 Å². The van der Waals surface area contributed by atoms with Crippen LogP contribution in [0.25, 0.3) is 49.7 Å². The van der Waals surface area contributed by atoms with E-state index in [9.17, 15) is 0 Å². The van der Waals surface area contributed by atoms with Gasteiger partial charge in [-0.05, 0) is 86.7 Å². The number of aromatic nitrogens is 1. The Balaban J connectivity index is 1.44. The fraction of sp³-hybridized carbons (Fsp3) is 0.0909. The highest BCUT2D eigenvalue weighted by Crippen LogP contribution is 2.50. The Morgan fingerprint density at radius 1 is 0.500 bits per heavy atom. The summed E-state index contributed by atoms with van der Waals surface area (Å²) in [6, 6.07) is 34.4. The minimum Gasteiger partial charge on any atom is -0.309 e. The Labute approximate surface area is 197 Å². The molecule has 0 saturated carbocycles. The van der Waals surface area contributed by atoms with Gasteiger partial charge in [0.15, 0.2) is 0 Å². The van der Waals surface area contributed by atoms with E-state index in [1.54, 1.807) is 0 Å². The SMILES string of the molecule is c1ccc2c(c1)Cc1cc3c(cc1-2)-n1c2ccccc2c2cc4c(c(c21)C3)-c1ccccc1C4. The van der Waals surface area contributed by atoms with Gasteiger partial charge in [-0.15, -0.1) is 0 Å². The van der Waals surface area contributed by atoms with Gasteiger partial charge in [-0.1, -0.05) is 72.8 Å². The molecule has 0 saturated heterocycles. The molecule has 0 fully saturated rings. The molecule has 0 N–H and O–H groups in total. The van der Waals surface area contributed by atoms with Crippen LogP contribution in [0.15, 0.2) is 91.0 Å². The molecule has 0 spiro atoms. The van der Waals surface area contributed by atoms with Gasteiger partial charge in [0.1, 0.15) is 0 Å². The monoisotopic (exact) mass is 431 g/mol. The van der Waals surface area contributed by atoms with Crippen molar-refractivity contribution >= 4 is 21.8 Å². The Morgan fingerprint density at radius 3 is 2.15 bits per heavy atom. The first kappa shape index (κ1) is 17.4. The molecular formula is C33H21N. The van der Waals surface area contributed by atoms with E-state index in [4.69, 9.17) is 0 Å². The largest absolute Gasteiger partial charge is 0.309 e. The topological polar surface area (TPSA) is 4.93 Å². The molecule has 158 valence electrons. The third-order valence-corrected chi connectivity index (χ3v) is 8.41. The van der Waals surface area contributed by atoms with Gasteiger partial charge >= 0.3 is 0 Å². The summed E-state index contributed by atoms with van der Waals surface area (Å²) in [5.41, 5.74) is 18.7. The minimum atomic E-state index is 1.00. The van der Waals surface area contributed by atoms with Crippen LogP contribution >= 0.6 is 0 Å². The van der Waals surface area contributed by atoms with Gasteiger partial charge in [0.2, 0.25) is 0 Å². The molecule has 3 aliphatic rings. The highest BCUT2D eigenvalue weighted by Gasteiger charge is 2.31. The van der Waals surface area contributed by atoms with Crippen molar-refractivity contribution in [2.24, 2.45) is 0 Å². The van der Waals surface area contributed by atoms with Crippen LogP contribution in [0, 0.1) is 0 Å². The standard InChI is InChI=1S/C33H21N/c1-3-9-24-19(7-1)13-21-15-22-16-29-32-23(14-20-8-2-4-10-25(20)32)17-28-26-11-5-6-12-30(26)34(33(28)29)31(22)18-27(21)24/h1-12,15,17-18H,13-14,16H2. The van der Waals surface area contributed by atoms with Crippen molar-refractivity contribution in [3.63, 3.8) is 0 Å². The van der Waals surface area contributed by atoms with Gasteiger partial charge in [0.25, 0.3) is 0 Å². The maximum atomic E-state index is 2.57. The highest BCUT2D eigenvalue weighted by molar-refractivity contribution is 6.13. The summed E-state index contributed by atoms with van der Waals surface area (Å²) in [6.07, 6.45) is 3.09. The van der Waals surface area contributed by atoms with Crippen molar-refractivity contribution in [2.45, 2.75) is 19.3 Å². The minimum absolute atomic E-state index is 1.00. The van der Waals surface area contributed by atoms with Gasteiger partial charge in [0, 0.05) is 17.2 Å². The average molecular weight is 432 g/mol. The van der Waals surface area contributed by atoms with Crippen molar-refractivity contribution < 1.29 is 0 Å². The van der Waals surface area contributed by atoms with Gasteiger partial charge in [0.05, 0.1) is 16.7 Å².